The van der Waals surface area contributed by atoms with Gasteiger partial charge in [-0.15, -0.1) is 0 Å². The first-order chi connectivity index (χ1) is 11.7. The van der Waals surface area contributed by atoms with Crippen molar-refractivity contribution in [3.8, 4) is 11.5 Å². The molecule has 2 aromatic carbocycles. The molecule has 0 saturated heterocycles. The van der Waals surface area contributed by atoms with Gasteiger partial charge in [-0.05, 0) is 23.3 Å². The fraction of sp³-hybridized carbons (Fsp3) is 0.222. The molecule has 0 bridgehead atoms. The average molecular weight is 330 g/mol. The first kappa shape index (κ1) is 17.5. The van der Waals surface area contributed by atoms with E-state index in [1.807, 2.05) is 30.3 Å². The summed E-state index contributed by atoms with van der Waals surface area (Å²) in [5, 5.41) is 8.65. The number of methoxy groups -OCH3 is 1. The Labute approximate surface area is 140 Å². The molecule has 0 aromatic heterocycles. The van der Waals surface area contributed by atoms with E-state index < -0.39 is 0 Å². The van der Waals surface area contributed by atoms with Gasteiger partial charge in [-0.3, -0.25) is 0 Å². The van der Waals surface area contributed by atoms with Gasteiger partial charge in [0.2, 0.25) is 4.92 Å². The van der Waals surface area contributed by atoms with E-state index >= 15 is 0 Å². The highest BCUT2D eigenvalue weighted by atomic mass is 16.6. The van der Waals surface area contributed by atoms with Gasteiger partial charge in [0.1, 0.15) is 13.2 Å². The normalized spacial score (nSPS) is 10.7. The molecule has 0 fully saturated rings. The van der Waals surface area contributed by atoms with Gasteiger partial charge >= 0.3 is 0 Å². The molecule has 2 aromatic rings. The SMILES string of the molecule is COCCOc1ccc(/C=C/[N+](=O)O)cc1OCc1ccccc1. The predicted octanol–water partition coefficient (Wildman–Crippen LogP) is 3.43. The van der Waals surface area contributed by atoms with Gasteiger partial charge in [0.15, 0.2) is 11.5 Å². The summed E-state index contributed by atoms with van der Waals surface area (Å²) >= 11 is 0. The maximum absolute atomic E-state index is 10.6. The fourth-order valence-electron chi connectivity index (χ4n) is 1.98. The average Bonchev–Trinajstić information content (AvgIpc) is 2.60. The van der Waals surface area contributed by atoms with E-state index in [0.717, 1.165) is 11.8 Å². The maximum atomic E-state index is 10.6. The smallest absolute Gasteiger partial charge is 0.282 e. The molecule has 0 aliphatic rings. The Balaban J connectivity index is 2.15. The summed E-state index contributed by atoms with van der Waals surface area (Å²) in [6.45, 7) is 1.26. The number of nitrogens with zero attached hydrogens (tertiary/aromatic N) is 1. The van der Waals surface area contributed by atoms with Crippen LogP contribution < -0.4 is 9.47 Å². The summed E-state index contributed by atoms with van der Waals surface area (Å²) in [6.07, 6.45) is 2.48. The summed E-state index contributed by atoms with van der Waals surface area (Å²) in [5.41, 5.74) is 1.73. The van der Waals surface area contributed by atoms with Gasteiger partial charge in [0.05, 0.1) is 11.5 Å². The van der Waals surface area contributed by atoms with Gasteiger partial charge < -0.3 is 14.2 Å². The molecule has 0 aliphatic carbocycles. The van der Waals surface area contributed by atoms with Crippen LogP contribution >= 0.6 is 0 Å². The Morgan fingerprint density at radius 1 is 1.04 bits per heavy atom. The molecule has 126 valence electrons. The van der Waals surface area contributed by atoms with E-state index in [4.69, 9.17) is 19.4 Å². The van der Waals surface area contributed by atoms with E-state index in [1.165, 1.54) is 6.08 Å². The third kappa shape index (κ3) is 5.73. The zero-order valence-corrected chi connectivity index (χ0v) is 13.4. The second-order valence-corrected chi connectivity index (χ2v) is 4.94. The molecule has 0 atom stereocenters. The molecule has 6 heteroatoms. The van der Waals surface area contributed by atoms with Gasteiger partial charge in [0.25, 0.3) is 6.20 Å². The number of hydrogen-bond donors (Lipinski definition) is 1. The third-order valence-corrected chi connectivity index (χ3v) is 3.14. The zero-order chi connectivity index (χ0) is 17.2. The van der Waals surface area contributed by atoms with Crippen LogP contribution in [0.1, 0.15) is 11.1 Å². The lowest BCUT2D eigenvalue weighted by molar-refractivity contribution is -0.741. The van der Waals surface area contributed by atoms with Crippen LogP contribution in [0.15, 0.2) is 54.7 Å². The Kier molecular flexibility index (Phi) is 6.79. The van der Waals surface area contributed by atoms with Gasteiger partial charge in [-0.1, -0.05) is 36.4 Å². The summed E-state index contributed by atoms with van der Waals surface area (Å²) in [4.78, 5) is 10.3. The second kappa shape index (κ2) is 9.32. The first-order valence-electron chi connectivity index (χ1n) is 7.45. The summed E-state index contributed by atoms with van der Waals surface area (Å²) in [6, 6.07) is 15.0. The standard InChI is InChI=1S/C18H20NO5/c1-22-11-12-23-17-8-7-15(9-10-19(20)21)13-18(17)24-14-16-5-3-2-4-6-16/h2-10,13H,11-12,14H2,1H3,(H,20,21)/q+1/b10-9+. The minimum Gasteiger partial charge on any atom is -0.487 e. The Morgan fingerprint density at radius 2 is 1.83 bits per heavy atom. The van der Waals surface area contributed by atoms with Crippen LogP contribution in [0.4, 0.5) is 0 Å². The largest absolute Gasteiger partial charge is 0.487 e. The van der Waals surface area contributed by atoms with Crippen LogP contribution in [-0.4, -0.2) is 30.5 Å². The van der Waals surface area contributed by atoms with Crippen molar-refractivity contribution in [1.29, 1.82) is 0 Å². The van der Waals surface area contributed by atoms with Crippen LogP contribution in [0.5, 0.6) is 11.5 Å². The number of ether oxygens (including phenoxy) is 3. The molecule has 0 heterocycles. The minimum absolute atomic E-state index is 0.256. The molecule has 0 aliphatic heterocycles. The van der Waals surface area contributed by atoms with Crippen molar-refractivity contribution in [1.82, 2.24) is 0 Å². The van der Waals surface area contributed by atoms with Crippen LogP contribution in [0.25, 0.3) is 6.08 Å². The highest BCUT2D eigenvalue weighted by Gasteiger charge is 2.08. The van der Waals surface area contributed by atoms with Crippen molar-refractivity contribution in [3.05, 3.63) is 70.8 Å². The highest BCUT2D eigenvalue weighted by molar-refractivity contribution is 5.55. The molecule has 6 nitrogen and oxygen atoms in total. The lowest BCUT2D eigenvalue weighted by atomic mass is 10.2. The molecular weight excluding hydrogens is 310 g/mol. The molecule has 1 N–H and O–H groups in total. The number of hydrogen-bond acceptors (Lipinski definition) is 4. The van der Waals surface area contributed by atoms with Crippen molar-refractivity contribution >= 4 is 6.08 Å². The number of rotatable bonds is 9. The fourth-order valence-corrected chi connectivity index (χ4v) is 1.98. The molecule has 0 amide bonds. The Bertz CT molecular complexity index is 685. The molecular formula is C18H20NO5+. The van der Waals surface area contributed by atoms with Crippen LogP contribution in [0, 0.1) is 4.91 Å². The molecule has 2 rings (SSSR count). The van der Waals surface area contributed by atoms with Crippen LogP contribution in [0.3, 0.4) is 0 Å². The quantitative estimate of drug-likeness (QED) is 0.563. The van der Waals surface area contributed by atoms with Crippen LogP contribution in [-0.2, 0) is 11.3 Å². The molecule has 0 radical (unpaired) electrons. The second-order valence-electron chi connectivity index (χ2n) is 4.94. The molecule has 24 heavy (non-hydrogen) atoms. The maximum Gasteiger partial charge on any atom is 0.282 e. The van der Waals surface area contributed by atoms with Crippen molar-refractivity contribution in [2.24, 2.45) is 0 Å². The zero-order valence-electron chi connectivity index (χ0n) is 13.4. The summed E-state index contributed by atoms with van der Waals surface area (Å²) < 4.78 is 16.5. The summed E-state index contributed by atoms with van der Waals surface area (Å²) in [5.74, 6) is 1.13. The Hall–Kier alpha value is -2.86. The molecule has 0 spiro atoms. The molecule has 0 saturated carbocycles. The van der Waals surface area contributed by atoms with E-state index in [1.54, 1.807) is 25.3 Å². The molecule has 0 unspecified atom stereocenters. The van der Waals surface area contributed by atoms with Crippen molar-refractivity contribution in [2.45, 2.75) is 6.61 Å². The Morgan fingerprint density at radius 3 is 2.54 bits per heavy atom. The topological polar surface area (TPSA) is 68.0 Å². The van der Waals surface area contributed by atoms with Gasteiger partial charge in [-0.2, -0.15) is 0 Å². The van der Waals surface area contributed by atoms with E-state index in [0.29, 0.717) is 36.9 Å². The monoisotopic (exact) mass is 330 g/mol. The van der Waals surface area contributed by atoms with Crippen molar-refractivity contribution in [3.63, 3.8) is 0 Å². The van der Waals surface area contributed by atoms with E-state index in [-0.39, 0.29) is 4.92 Å². The third-order valence-electron chi connectivity index (χ3n) is 3.14. The predicted molar refractivity (Wildman–Crippen MR) is 89.0 cm³/mol. The van der Waals surface area contributed by atoms with E-state index in [9.17, 15) is 4.91 Å². The van der Waals surface area contributed by atoms with Gasteiger partial charge in [0, 0.05) is 13.2 Å². The minimum atomic E-state index is -0.256. The highest BCUT2D eigenvalue weighted by Crippen LogP contribution is 2.29. The first-order valence-corrected chi connectivity index (χ1v) is 7.45. The van der Waals surface area contributed by atoms with Crippen molar-refractivity contribution < 1.29 is 24.3 Å². The van der Waals surface area contributed by atoms with Crippen molar-refractivity contribution in [2.75, 3.05) is 20.3 Å². The number of benzene rings is 2. The van der Waals surface area contributed by atoms with Crippen LogP contribution in [0.2, 0.25) is 0 Å². The summed E-state index contributed by atoms with van der Waals surface area (Å²) in [7, 11) is 1.60. The van der Waals surface area contributed by atoms with Gasteiger partial charge in [-0.25, -0.2) is 5.21 Å². The lowest BCUT2D eigenvalue weighted by Crippen LogP contribution is -2.06. The van der Waals surface area contributed by atoms with E-state index in [2.05, 4.69) is 0 Å². The lowest BCUT2D eigenvalue weighted by Gasteiger charge is -2.13.